The molecule has 1 amide bonds. The first-order valence-electron chi connectivity index (χ1n) is 8.91. The Balaban J connectivity index is 1.47. The van der Waals surface area contributed by atoms with Gasteiger partial charge < -0.3 is 5.32 Å². The maximum absolute atomic E-state index is 12.9. The minimum atomic E-state index is -0.218. The second kappa shape index (κ2) is 8.52. The molecule has 2 aromatic carbocycles. The minimum Gasteiger partial charge on any atom is -0.349 e. The van der Waals surface area contributed by atoms with Crippen LogP contribution in [0.3, 0.4) is 0 Å². The standard InChI is InChI=1S/C21H24FNOS/c1-15(25-18-12-10-17(22)11-13-18)9-14-21(24)23-20-8-4-6-16-5-2-3-7-19(16)20/h2-3,5,7,10-13,15,20H,4,6,8-9,14H2,1H3,(H,23,24). The van der Waals surface area contributed by atoms with E-state index in [1.807, 2.05) is 6.07 Å². The molecular weight excluding hydrogens is 333 g/mol. The Morgan fingerprint density at radius 2 is 2.00 bits per heavy atom. The number of rotatable bonds is 6. The maximum atomic E-state index is 12.9. The van der Waals surface area contributed by atoms with Crippen molar-refractivity contribution in [2.75, 3.05) is 0 Å². The fraction of sp³-hybridized carbons (Fsp3) is 0.381. The van der Waals surface area contributed by atoms with Crippen molar-refractivity contribution in [3.8, 4) is 0 Å². The number of benzene rings is 2. The van der Waals surface area contributed by atoms with Gasteiger partial charge in [-0.3, -0.25) is 4.79 Å². The first kappa shape index (κ1) is 18.0. The number of hydrogen-bond donors (Lipinski definition) is 1. The van der Waals surface area contributed by atoms with Crippen molar-refractivity contribution in [1.29, 1.82) is 0 Å². The Labute approximate surface area is 153 Å². The zero-order valence-corrected chi connectivity index (χ0v) is 15.3. The van der Waals surface area contributed by atoms with Crippen LogP contribution in [-0.2, 0) is 11.2 Å². The van der Waals surface area contributed by atoms with E-state index in [2.05, 4.69) is 30.4 Å². The highest BCUT2D eigenvalue weighted by Crippen LogP contribution is 2.30. The Hall–Kier alpha value is -1.81. The highest BCUT2D eigenvalue weighted by atomic mass is 32.2. The molecule has 3 rings (SSSR count). The summed E-state index contributed by atoms with van der Waals surface area (Å²) in [5, 5.41) is 3.52. The average molecular weight is 357 g/mol. The van der Waals surface area contributed by atoms with Gasteiger partial charge in [-0.25, -0.2) is 4.39 Å². The van der Waals surface area contributed by atoms with Crippen LogP contribution in [0, 0.1) is 5.82 Å². The van der Waals surface area contributed by atoms with Crippen LogP contribution in [-0.4, -0.2) is 11.2 Å². The molecule has 4 heteroatoms. The van der Waals surface area contributed by atoms with E-state index in [9.17, 15) is 9.18 Å². The van der Waals surface area contributed by atoms with Crippen LogP contribution < -0.4 is 5.32 Å². The van der Waals surface area contributed by atoms with Gasteiger partial charge in [0.2, 0.25) is 5.91 Å². The van der Waals surface area contributed by atoms with E-state index in [-0.39, 0.29) is 17.8 Å². The molecule has 2 nitrogen and oxygen atoms in total. The van der Waals surface area contributed by atoms with Crippen molar-refractivity contribution in [2.24, 2.45) is 0 Å². The molecule has 2 atom stereocenters. The predicted molar refractivity (Wildman–Crippen MR) is 101 cm³/mol. The zero-order chi connectivity index (χ0) is 17.6. The number of amides is 1. The maximum Gasteiger partial charge on any atom is 0.220 e. The molecule has 0 radical (unpaired) electrons. The van der Waals surface area contributed by atoms with Crippen molar-refractivity contribution < 1.29 is 9.18 Å². The molecule has 0 aliphatic heterocycles. The van der Waals surface area contributed by atoms with Gasteiger partial charge in [-0.15, -0.1) is 11.8 Å². The molecule has 1 aliphatic carbocycles. The minimum absolute atomic E-state index is 0.119. The van der Waals surface area contributed by atoms with Gasteiger partial charge in [-0.05, 0) is 61.1 Å². The fourth-order valence-corrected chi connectivity index (χ4v) is 4.30. The average Bonchev–Trinajstić information content (AvgIpc) is 2.62. The molecule has 25 heavy (non-hydrogen) atoms. The van der Waals surface area contributed by atoms with E-state index < -0.39 is 0 Å². The molecule has 0 bridgehead atoms. The number of halogens is 1. The lowest BCUT2D eigenvalue weighted by atomic mass is 9.87. The van der Waals surface area contributed by atoms with Crippen molar-refractivity contribution in [2.45, 2.75) is 55.2 Å². The lowest BCUT2D eigenvalue weighted by Gasteiger charge is -2.26. The lowest BCUT2D eigenvalue weighted by molar-refractivity contribution is -0.122. The normalized spacial score (nSPS) is 17.6. The number of thioether (sulfide) groups is 1. The number of carbonyl (C=O) groups is 1. The van der Waals surface area contributed by atoms with Crippen LogP contribution in [0.4, 0.5) is 4.39 Å². The molecule has 0 saturated carbocycles. The third-order valence-corrected chi connectivity index (χ3v) is 5.82. The smallest absolute Gasteiger partial charge is 0.220 e. The molecular formula is C21H24FNOS. The molecule has 2 aromatic rings. The van der Waals surface area contributed by atoms with Crippen molar-refractivity contribution in [3.05, 3.63) is 65.5 Å². The van der Waals surface area contributed by atoms with Gasteiger partial charge in [0.05, 0.1) is 6.04 Å². The quantitative estimate of drug-likeness (QED) is 0.713. The number of hydrogen-bond acceptors (Lipinski definition) is 2. The zero-order valence-electron chi connectivity index (χ0n) is 14.5. The topological polar surface area (TPSA) is 29.1 Å². The molecule has 0 fully saturated rings. The van der Waals surface area contributed by atoms with E-state index in [0.29, 0.717) is 11.7 Å². The lowest BCUT2D eigenvalue weighted by Crippen LogP contribution is -2.31. The summed E-state index contributed by atoms with van der Waals surface area (Å²) in [7, 11) is 0. The first-order valence-corrected chi connectivity index (χ1v) is 9.79. The molecule has 2 unspecified atom stereocenters. The van der Waals surface area contributed by atoms with Crippen LogP contribution in [0.15, 0.2) is 53.4 Å². The Morgan fingerprint density at radius 3 is 2.80 bits per heavy atom. The summed E-state index contributed by atoms with van der Waals surface area (Å²) in [6.07, 6.45) is 4.57. The van der Waals surface area contributed by atoms with E-state index in [4.69, 9.17) is 0 Å². The highest BCUT2D eigenvalue weighted by molar-refractivity contribution is 7.99. The van der Waals surface area contributed by atoms with Crippen LogP contribution in [0.1, 0.15) is 49.8 Å². The second-order valence-corrected chi connectivity index (χ2v) is 8.14. The largest absolute Gasteiger partial charge is 0.349 e. The summed E-state index contributed by atoms with van der Waals surface area (Å²) in [6.45, 7) is 2.11. The van der Waals surface area contributed by atoms with Crippen LogP contribution in [0.5, 0.6) is 0 Å². The number of nitrogens with one attached hydrogen (secondary N) is 1. The third-order valence-electron chi connectivity index (χ3n) is 4.63. The SMILES string of the molecule is CC(CCC(=O)NC1CCCc2ccccc21)Sc1ccc(F)cc1. The Bertz CT molecular complexity index is 716. The number of carbonyl (C=O) groups excluding carboxylic acids is 1. The summed E-state index contributed by atoms with van der Waals surface area (Å²) >= 11 is 1.68. The van der Waals surface area contributed by atoms with Crippen LogP contribution in [0.25, 0.3) is 0 Å². The highest BCUT2D eigenvalue weighted by Gasteiger charge is 2.21. The van der Waals surface area contributed by atoms with Crippen LogP contribution in [0.2, 0.25) is 0 Å². The van der Waals surface area contributed by atoms with Gasteiger partial charge in [0.1, 0.15) is 5.82 Å². The van der Waals surface area contributed by atoms with Gasteiger partial charge in [-0.2, -0.15) is 0 Å². The molecule has 0 saturated heterocycles. The molecule has 132 valence electrons. The second-order valence-electron chi connectivity index (χ2n) is 6.63. The van der Waals surface area contributed by atoms with Gasteiger partial charge in [-0.1, -0.05) is 31.2 Å². The monoisotopic (exact) mass is 357 g/mol. The summed E-state index contributed by atoms with van der Waals surface area (Å²) in [6, 6.07) is 15.1. The number of fused-ring (bicyclic) bond motifs is 1. The fourth-order valence-electron chi connectivity index (χ4n) is 3.31. The van der Waals surface area contributed by atoms with Gasteiger partial charge >= 0.3 is 0 Å². The molecule has 1 aliphatic rings. The number of aryl methyl sites for hydroxylation is 1. The van der Waals surface area contributed by atoms with Crippen molar-refractivity contribution in [3.63, 3.8) is 0 Å². The van der Waals surface area contributed by atoms with E-state index in [1.165, 1.54) is 23.3 Å². The summed E-state index contributed by atoms with van der Waals surface area (Å²) in [5.74, 6) is -0.0996. The van der Waals surface area contributed by atoms with Crippen molar-refractivity contribution in [1.82, 2.24) is 5.32 Å². The summed E-state index contributed by atoms with van der Waals surface area (Å²) in [5.41, 5.74) is 2.63. The van der Waals surface area contributed by atoms with E-state index in [0.717, 1.165) is 30.6 Å². The summed E-state index contributed by atoms with van der Waals surface area (Å²) < 4.78 is 12.9. The molecule has 0 heterocycles. The first-order chi connectivity index (χ1) is 12.1. The Morgan fingerprint density at radius 1 is 1.24 bits per heavy atom. The van der Waals surface area contributed by atoms with Crippen LogP contribution >= 0.6 is 11.8 Å². The van der Waals surface area contributed by atoms with Gasteiger partial charge in [0.25, 0.3) is 0 Å². The van der Waals surface area contributed by atoms with Gasteiger partial charge in [0.15, 0.2) is 0 Å². The van der Waals surface area contributed by atoms with Gasteiger partial charge in [0, 0.05) is 16.6 Å². The predicted octanol–water partition coefficient (Wildman–Crippen LogP) is 5.28. The summed E-state index contributed by atoms with van der Waals surface area (Å²) in [4.78, 5) is 13.4. The Kier molecular flexibility index (Phi) is 6.14. The third kappa shape index (κ3) is 5.08. The molecule has 0 aromatic heterocycles. The van der Waals surface area contributed by atoms with Crippen molar-refractivity contribution >= 4 is 17.7 Å². The van der Waals surface area contributed by atoms with E-state index in [1.54, 1.807) is 23.9 Å². The van der Waals surface area contributed by atoms with E-state index >= 15 is 0 Å². The molecule has 0 spiro atoms. The molecule has 1 N–H and O–H groups in total.